The number of aryl methyl sites for hydroxylation is 1. The van der Waals surface area contributed by atoms with E-state index in [0.29, 0.717) is 5.56 Å². The van der Waals surface area contributed by atoms with E-state index in [4.69, 9.17) is 9.47 Å². The van der Waals surface area contributed by atoms with Crippen LogP contribution in [-0.4, -0.2) is 58.6 Å². The normalized spacial score (nSPS) is 13.4. The predicted molar refractivity (Wildman–Crippen MR) is 183 cm³/mol. The topological polar surface area (TPSA) is 114 Å². The van der Waals surface area contributed by atoms with Crippen molar-refractivity contribution in [3.05, 3.63) is 107 Å². The monoisotopic (exact) mass is 643 g/mol. The van der Waals surface area contributed by atoms with Crippen molar-refractivity contribution in [1.29, 1.82) is 0 Å². The minimum Gasteiger partial charge on any atom is -0.458 e. The molecule has 0 saturated carbocycles. The average molecular weight is 644 g/mol. The minimum atomic E-state index is -1.12. The summed E-state index contributed by atoms with van der Waals surface area (Å²) in [5, 5.41) is 5.66. The number of esters is 1. The van der Waals surface area contributed by atoms with Gasteiger partial charge in [-0.2, -0.15) is 0 Å². The standard InChI is InChI=1S/C38H49N3O6/c1-9-41(34(43)30(24-27-16-12-10-13-17-27)40-36(45)47-38(6,7)8)32(29-22-20-26(2)21-23-29)33(42)39-31(35(44)46-37(3,4)5)25-28-18-14-11-15-19-28/h10-23,30-32H,9,24-25H2,1-8H3,(H,39,42)(H,40,45). The lowest BCUT2D eigenvalue weighted by Gasteiger charge is -2.35. The molecule has 9 heteroatoms. The van der Waals surface area contributed by atoms with Crippen molar-refractivity contribution in [3.8, 4) is 0 Å². The first-order valence-corrected chi connectivity index (χ1v) is 16.0. The number of hydrogen-bond acceptors (Lipinski definition) is 6. The molecule has 0 aliphatic rings. The van der Waals surface area contributed by atoms with E-state index in [2.05, 4.69) is 10.6 Å². The highest BCUT2D eigenvalue weighted by Crippen LogP contribution is 2.25. The van der Waals surface area contributed by atoms with E-state index in [0.717, 1.165) is 16.7 Å². The van der Waals surface area contributed by atoms with E-state index < -0.39 is 53.2 Å². The summed E-state index contributed by atoms with van der Waals surface area (Å²) < 4.78 is 11.2. The maximum absolute atomic E-state index is 14.4. The van der Waals surface area contributed by atoms with Gasteiger partial charge in [0, 0.05) is 19.4 Å². The van der Waals surface area contributed by atoms with Crippen molar-refractivity contribution < 1.29 is 28.7 Å². The molecule has 3 atom stereocenters. The maximum Gasteiger partial charge on any atom is 0.408 e. The van der Waals surface area contributed by atoms with Gasteiger partial charge in [-0.3, -0.25) is 9.59 Å². The van der Waals surface area contributed by atoms with Gasteiger partial charge in [0.2, 0.25) is 11.8 Å². The van der Waals surface area contributed by atoms with Crippen molar-refractivity contribution in [2.45, 2.75) is 97.6 Å². The number of alkyl carbamates (subject to hydrolysis) is 1. The van der Waals surface area contributed by atoms with Crippen molar-refractivity contribution in [1.82, 2.24) is 15.5 Å². The number of nitrogens with zero attached hydrogens (tertiary/aromatic N) is 1. The van der Waals surface area contributed by atoms with Crippen LogP contribution < -0.4 is 10.6 Å². The van der Waals surface area contributed by atoms with Crippen molar-refractivity contribution in [2.24, 2.45) is 0 Å². The molecule has 0 radical (unpaired) electrons. The summed E-state index contributed by atoms with van der Waals surface area (Å²) in [6, 6.07) is 22.8. The fourth-order valence-electron chi connectivity index (χ4n) is 5.05. The smallest absolute Gasteiger partial charge is 0.408 e. The third-order valence-electron chi connectivity index (χ3n) is 7.14. The fourth-order valence-corrected chi connectivity index (χ4v) is 5.05. The van der Waals surface area contributed by atoms with Crippen LogP contribution in [0.4, 0.5) is 4.79 Å². The van der Waals surface area contributed by atoms with E-state index in [-0.39, 0.29) is 19.4 Å². The molecule has 3 unspecified atom stereocenters. The van der Waals surface area contributed by atoms with Gasteiger partial charge in [-0.1, -0.05) is 90.5 Å². The van der Waals surface area contributed by atoms with Crippen LogP contribution in [0.1, 0.15) is 76.8 Å². The Hall–Kier alpha value is -4.66. The largest absolute Gasteiger partial charge is 0.458 e. The van der Waals surface area contributed by atoms with E-state index in [1.807, 2.05) is 79.7 Å². The zero-order valence-electron chi connectivity index (χ0n) is 28.8. The van der Waals surface area contributed by atoms with Crippen LogP contribution in [0.15, 0.2) is 84.9 Å². The molecule has 0 aromatic heterocycles. The zero-order chi connectivity index (χ0) is 34.8. The van der Waals surface area contributed by atoms with Gasteiger partial charge in [-0.25, -0.2) is 9.59 Å². The van der Waals surface area contributed by atoms with Crippen LogP contribution in [0.5, 0.6) is 0 Å². The highest BCUT2D eigenvalue weighted by molar-refractivity contribution is 5.94. The Bertz CT molecular complexity index is 1480. The predicted octanol–water partition coefficient (Wildman–Crippen LogP) is 6.09. The number of likely N-dealkylation sites (N-methyl/N-ethyl adjacent to an activating group) is 1. The van der Waals surface area contributed by atoms with Crippen LogP contribution in [0, 0.1) is 6.92 Å². The number of carbonyl (C=O) groups is 4. The van der Waals surface area contributed by atoms with Crippen LogP contribution in [0.25, 0.3) is 0 Å². The molecular weight excluding hydrogens is 594 g/mol. The van der Waals surface area contributed by atoms with E-state index in [9.17, 15) is 19.2 Å². The van der Waals surface area contributed by atoms with Gasteiger partial charge >= 0.3 is 12.1 Å². The van der Waals surface area contributed by atoms with E-state index in [1.165, 1.54) is 4.90 Å². The van der Waals surface area contributed by atoms with Crippen molar-refractivity contribution in [2.75, 3.05) is 6.54 Å². The van der Waals surface area contributed by atoms with Gasteiger partial charge in [-0.15, -0.1) is 0 Å². The average Bonchev–Trinajstić information content (AvgIpc) is 2.98. The highest BCUT2D eigenvalue weighted by Gasteiger charge is 2.38. The van der Waals surface area contributed by atoms with Gasteiger partial charge in [0.1, 0.15) is 29.3 Å². The maximum atomic E-state index is 14.4. The quantitative estimate of drug-likeness (QED) is 0.231. The first-order valence-electron chi connectivity index (χ1n) is 16.0. The number of hydrogen-bond donors (Lipinski definition) is 2. The molecule has 0 heterocycles. The number of benzene rings is 3. The molecule has 0 spiro atoms. The third-order valence-corrected chi connectivity index (χ3v) is 7.14. The molecular formula is C38H49N3O6. The Balaban J connectivity index is 2.03. The summed E-state index contributed by atoms with van der Waals surface area (Å²) in [6.45, 7) is 14.4. The number of amides is 3. The van der Waals surface area contributed by atoms with Gasteiger partial charge in [0.15, 0.2) is 0 Å². The van der Waals surface area contributed by atoms with Gasteiger partial charge in [0.05, 0.1) is 0 Å². The van der Waals surface area contributed by atoms with Crippen LogP contribution in [-0.2, 0) is 36.7 Å². The molecule has 3 amide bonds. The van der Waals surface area contributed by atoms with Gasteiger partial charge < -0.3 is 25.0 Å². The first kappa shape index (κ1) is 36.8. The molecule has 0 saturated heterocycles. The second-order valence-electron chi connectivity index (χ2n) is 13.6. The molecule has 0 aliphatic carbocycles. The fraction of sp³-hybridized carbons (Fsp3) is 0.421. The molecule has 0 fully saturated rings. The van der Waals surface area contributed by atoms with Gasteiger partial charge in [-0.05, 0) is 72.1 Å². The zero-order valence-corrected chi connectivity index (χ0v) is 28.8. The summed E-state index contributed by atoms with van der Waals surface area (Å²) >= 11 is 0. The number of carbonyl (C=O) groups excluding carboxylic acids is 4. The molecule has 3 rings (SSSR count). The number of rotatable bonds is 12. The second kappa shape index (κ2) is 16.3. The van der Waals surface area contributed by atoms with Crippen molar-refractivity contribution in [3.63, 3.8) is 0 Å². The third kappa shape index (κ3) is 11.9. The Kier molecular flexibility index (Phi) is 12.7. The minimum absolute atomic E-state index is 0.141. The summed E-state index contributed by atoms with van der Waals surface area (Å²) in [6.07, 6.45) is -0.377. The summed E-state index contributed by atoms with van der Waals surface area (Å²) in [4.78, 5) is 56.7. The molecule has 252 valence electrons. The molecule has 9 nitrogen and oxygen atoms in total. The van der Waals surface area contributed by atoms with Gasteiger partial charge in [0.25, 0.3) is 0 Å². The molecule has 3 aromatic carbocycles. The summed E-state index contributed by atoms with van der Waals surface area (Å²) in [7, 11) is 0. The molecule has 0 aliphatic heterocycles. The van der Waals surface area contributed by atoms with E-state index >= 15 is 0 Å². The van der Waals surface area contributed by atoms with E-state index in [1.54, 1.807) is 60.6 Å². The number of ether oxygens (including phenoxy) is 2. The SMILES string of the molecule is CCN(C(=O)C(Cc1ccccc1)NC(=O)OC(C)(C)C)C(C(=O)NC(Cc1ccccc1)C(=O)OC(C)(C)C)c1ccc(C)cc1. The lowest BCUT2D eigenvalue weighted by atomic mass is 9.98. The Morgan fingerprint density at radius 2 is 1.17 bits per heavy atom. The summed E-state index contributed by atoms with van der Waals surface area (Å²) in [5.41, 5.74) is 1.63. The van der Waals surface area contributed by atoms with Crippen molar-refractivity contribution >= 4 is 23.9 Å². The highest BCUT2D eigenvalue weighted by atomic mass is 16.6. The molecule has 3 aromatic rings. The lowest BCUT2D eigenvalue weighted by Crippen LogP contribution is -2.55. The molecule has 2 N–H and O–H groups in total. The van der Waals surface area contributed by atoms with Crippen LogP contribution >= 0.6 is 0 Å². The Morgan fingerprint density at radius 1 is 0.681 bits per heavy atom. The lowest BCUT2D eigenvalue weighted by molar-refractivity contribution is -0.159. The van der Waals surface area contributed by atoms with Crippen LogP contribution in [0.2, 0.25) is 0 Å². The Labute approximate surface area is 279 Å². The molecule has 47 heavy (non-hydrogen) atoms. The van der Waals surface area contributed by atoms with Crippen LogP contribution in [0.3, 0.4) is 0 Å². The Morgan fingerprint density at radius 3 is 1.64 bits per heavy atom. The number of nitrogens with one attached hydrogen (secondary N) is 2. The second-order valence-corrected chi connectivity index (χ2v) is 13.6. The molecule has 0 bridgehead atoms. The summed E-state index contributed by atoms with van der Waals surface area (Å²) in [5.74, 6) is -1.60. The first-order chi connectivity index (χ1) is 22.1.